The van der Waals surface area contributed by atoms with Gasteiger partial charge in [-0.1, -0.05) is 30.3 Å². The molecule has 0 bridgehead atoms. The zero-order valence-electron chi connectivity index (χ0n) is 19.0. The Balaban J connectivity index is 0.00000420. The first-order valence-corrected chi connectivity index (χ1v) is 14.9. The monoisotopic (exact) mass is 606 g/mol. The maximum atomic E-state index is 13.4. The molecule has 202 valence electrons. The van der Waals surface area contributed by atoms with Crippen LogP contribution in [0.4, 0.5) is 17.1 Å². The van der Waals surface area contributed by atoms with Crippen molar-refractivity contribution in [3.05, 3.63) is 76.9 Å². The standard InChI is InChI=1S/C22H18N2O11S3.Na.H/c23-20-17(37(29,30)31)11-16(18-19(20)22(26)15-7-2-1-6-14(15)21(18)25)24-12-4-3-5-13(10-12)36(27,28)9-8-35-38(32,33)34;;/h1-7,10-11,24H,8-9,23H2,(H,29,30,31)(H,32,33,34);;. The molecule has 3 aromatic carbocycles. The predicted molar refractivity (Wildman–Crippen MR) is 140 cm³/mol. The molecule has 4 rings (SSSR count). The summed E-state index contributed by atoms with van der Waals surface area (Å²) in [4.78, 5) is 25.4. The van der Waals surface area contributed by atoms with E-state index in [1.807, 2.05) is 0 Å². The molecule has 0 amide bonds. The van der Waals surface area contributed by atoms with E-state index in [0.717, 1.165) is 12.1 Å². The Labute approximate surface area is 245 Å². The number of rotatable bonds is 8. The first-order chi connectivity index (χ1) is 17.6. The predicted octanol–water partition coefficient (Wildman–Crippen LogP) is 0.979. The summed E-state index contributed by atoms with van der Waals surface area (Å²) in [6.07, 6.45) is 0. The number of anilines is 3. The fourth-order valence-electron chi connectivity index (χ4n) is 3.90. The molecule has 3 aromatic rings. The molecular weight excluding hydrogens is 587 g/mol. The van der Waals surface area contributed by atoms with Crippen LogP contribution in [0, 0.1) is 0 Å². The first-order valence-electron chi connectivity index (χ1n) is 10.4. The molecule has 17 heteroatoms. The van der Waals surface area contributed by atoms with Crippen LogP contribution in [0.2, 0.25) is 0 Å². The molecule has 0 aliphatic heterocycles. The van der Waals surface area contributed by atoms with Crippen molar-refractivity contribution in [3.8, 4) is 0 Å². The van der Waals surface area contributed by atoms with E-state index in [1.165, 1.54) is 42.5 Å². The second-order valence-corrected chi connectivity index (χ2v) is 12.6. The molecule has 0 heterocycles. The molecule has 0 radical (unpaired) electrons. The normalized spacial score (nSPS) is 13.3. The van der Waals surface area contributed by atoms with Crippen LogP contribution in [0.3, 0.4) is 0 Å². The summed E-state index contributed by atoms with van der Waals surface area (Å²) >= 11 is 0. The van der Waals surface area contributed by atoms with E-state index in [1.54, 1.807) is 0 Å². The zero-order chi connectivity index (χ0) is 28.0. The zero-order valence-corrected chi connectivity index (χ0v) is 21.4. The van der Waals surface area contributed by atoms with Crippen molar-refractivity contribution < 1.29 is 48.1 Å². The number of hydrogen-bond acceptors (Lipinski definition) is 11. The Morgan fingerprint density at radius 2 is 1.41 bits per heavy atom. The third-order valence-electron chi connectivity index (χ3n) is 5.53. The number of sulfone groups is 1. The molecule has 0 spiro atoms. The number of ketones is 2. The second kappa shape index (κ2) is 11.1. The molecule has 39 heavy (non-hydrogen) atoms. The van der Waals surface area contributed by atoms with E-state index in [2.05, 4.69) is 9.50 Å². The van der Waals surface area contributed by atoms with Gasteiger partial charge in [0.1, 0.15) is 4.90 Å². The number of carbonyl (C=O) groups excluding carboxylic acids is 2. The van der Waals surface area contributed by atoms with Crippen LogP contribution < -0.4 is 11.1 Å². The maximum absolute atomic E-state index is 13.4. The Kier molecular flexibility index (Phi) is 8.76. The molecule has 0 unspecified atom stereocenters. The molecule has 0 saturated heterocycles. The van der Waals surface area contributed by atoms with Gasteiger partial charge in [0.15, 0.2) is 21.4 Å². The number of nitrogens with one attached hydrogen (secondary N) is 1. The first kappa shape index (κ1) is 30.9. The fraction of sp³-hybridized carbons (Fsp3) is 0.0909. The number of nitrogen functional groups attached to an aromatic ring is 1. The van der Waals surface area contributed by atoms with Crippen LogP contribution in [-0.4, -0.2) is 87.8 Å². The molecule has 0 saturated carbocycles. The topological polar surface area (TPSA) is 224 Å². The Morgan fingerprint density at radius 3 is 1.97 bits per heavy atom. The summed E-state index contributed by atoms with van der Waals surface area (Å²) in [6, 6.07) is 11.6. The van der Waals surface area contributed by atoms with E-state index in [9.17, 15) is 39.4 Å². The summed E-state index contributed by atoms with van der Waals surface area (Å²) in [5.74, 6) is -2.24. The van der Waals surface area contributed by atoms with Crippen molar-refractivity contribution >= 4 is 88.5 Å². The van der Waals surface area contributed by atoms with E-state index in [-0.39, 0.29) is 62.5 Å². The third kappa shape index (κ3) is 6.40. The third-order valence-corrected chi connectivity index (χ3v) is 8.57. The molecule has 5 N–H and O–H groups in total. The van der Waals surface area contributed by atoms with E-state index >= 15 is 0 Å². The molecular formula is C22H19N2NaO11S3. The SMILES string of the molecule is Nc1c(S(=O)(=O)O)cc(Nc2cccc(S(=O)(=O)CCOS(=O)(=O)O)c2)c2c1C(=O)c1ccccc1C2=O.[NaH]. The van der Waals surface area contributed by atoms with Gasteiger partial charge in [-0.2, -0.15) is 16.8 Å². The molecule has 0 fully saturated rings. The van der Waals surface area contributed by atoms with Gasteiger partial charge >= 0.3 is 40.0 Å². The molecule has 0 atom stereocenters. The Bertz CT molecular complexity index is 1840. The van der Waals surface area contributed by atoms with Gasteiger partial charge < -0.3 is 11.1 Å². The summed E-state index contributed by atoms with van der Waals surface area (Å²) in [5, 5.41) is 2.71. The number of hydrogen-bond donors (Lipinski definition) is 4. The van der Waals surface area contributed by atoms with Crippen molar-refractivity contribution in [2.45, 2.75) is 9.79 Å². The van der Waals surface area contributed by atoms with Gasteiger partial charge in [-0.25, -0.2) is 12.6 Å². The van der Waals surface area contributed by atoms with Gasteiger partial charge in [0.25, 0.3) is 10.1 Å². The summed E-state index contributed by atoms with van der Waals surface area (Å²) in [5.41, 5.74) is 4.35. The van der Waals surface area contributed by atoms with E-state index in [0.29, 0.717) is 0 Å². The van der Waals surface area contributed by atoms with Crippen molar-refractivity contribution in [1.29, 1.82) is 0 Å². The van der Waals surface area contributed by atoms with Gasteiger partial charge in [-0.3, -0.25) is 18.7 Å². The van der Waals surface area contributed by atoms with Crippen molar-refractivity contribution in [2.75, 3.05) is 23.4 Å². The minimum absolute atomic E-state index is 0. The summed E-state index contributed by atoms with van der Waals surface area (Å²) in [7, 11) is -13.9. The van der Waals surface area contributed by atoms with Crippen LogP contribution in [0.15, 0.2) is 64.4 Å². The van der Waals surface area contributed by atoms with Crippen LogP contribution in [0.1, 0.15) is 31.8 Å². The number of fused-ring (bicyclic) bond motifs is 2. The van der Waals surface area contributed by atoms with Gasteiger partial charge in [-0.15, -0.1) is 0 Å². The Hall–Kier alpha value is -2.67. The van der Waals surface area contributed by atoms with E-state index < -0.39 is 70.4 Å². The van der Waals surface area contributed by atoms with Crippen molar-refractivity contribution in [2.24, 2.45) is 0 Å². The molecule has 13 nitrogen and oxygen atoms in total. The average molecular weight is 607 g/mol. The van der Waals surface area contributed by atoms with Crippen molar-refractivity contribution in [3.63, 3.8) is 0 Å². The number of benzene rings is 3. The van der Waals surface area contributed by atoms with Crippen LogP contribution in [0.25, 0.3) is 0 Å². The van der Waals surface area contributed by atoms with Gasteiger partial charge in [-0.05, 0) is 24.3 Å². The van der Waals surface area contributed by atoms with Crippen LogP contribution in [-0.2, 0) is 34.5 Å². The summed E-state index contributed by atoms with van der Waals surface area (Å²) < 4.78 is 93.0. The number of carbonyl (C=O) groups is 2. The van der Waals surface area contributed by atoms with Crippen molar-refractivity contribution in [1.82, 2.24) is 0 Å². The second-order valence-electron chi connectivity index (χ2n) is 7.99. The van der Waals surface area contributed by atoms with Gasteiger partial charge in [0, 0.05) is 16.8 Å². The van der Waals surface area contributed by atoms with Gasteiger partial charge in [0.05, 0.1) is 39.8 Å². The molecule has 0 aromatic heterocycles. The fourth-order valence-corrected chi connectivity index (χ4v) is 6.07. The molecule has 1 aliphatic rings. The van der Waals surface area contributed by atoms with Crippen LogP contribution in [0.5, 0.6) is 0 Å². The van der Waals surface area contributed by atoms with Crippen LogP contribution >= 0.6 is 0 Å². The number of nitrogens with two attached hydrogens (primary N) is 1. The molecule has 1 aliphatic carbocycles. The quantitative estimate of drug-likeness (QED) is 0.125. The van der Waals surface area contributed by atoms with Gasteiger partial charge in [0.2, 0.25) is 0 Å². The average Bonchev–Trinajstić information content (AvgIpc) is 2.82. The minimum atomic E-state index is -4.96. The Morgan fingerprint density at radius 1 is 0.821 bits per heavy atom. The van der Waals surface area contributed by atoms with E-state index in [4.69, 9.17) is 10.3 Å². The summed E-state index contributed by atoms with van der Waals surface area (Å²) in [6.45, 7) is -0.863.